The van der Waals surface area contributed by atoms with Crippen LogP contribution in [0, 0.1) is 0 Å². The van der Waals surface area contributed by atoms with E-state index in [1.807, 2.05) is 0 Å². The summed E-state index contributed by atoms with van der Waals surface area (Å²) in [4.78, 5) is 22.7. The molecule has 0 aromatic heterocycles. The van der Waals surface area contributed by atoms with Gasteiger partial charge in [-0.15, -0.1) is 0 Å². The van der Waals surface area contributed by atoms with Crippen LogP contribution in [0.5, 0.6) is 0 Å². The predicted molar refractivity (Wildman–Crippen MR) is 28.1 cm³/mol. The van der Waals surface area contributed by atoms with Gasteiger partial charge in [0.1, 0.15) is 0 Å². The van der Waals surface area contributed by atoms with E-state index < -0.39 is 6.72 Å². The van der Waals surface area contributed by atoms with Gasteiger partial charge in [0.15, 0.2) is 0 Å². The van der Waals surface area contributed by atoms with Gasteiger partial charge in [-0.05, 0) is 11.8 Å². The Morgan fingerprint density at radius 3 is 1.14 bits per heavy atom. The van der Waals surface area contributed by atoms with Crippen molar-refractivity contribution in [2.45, 2.75) is 0 Å². The van der Waals surface area contributed by atoms with Crippen molar-refractivity contribution in [3.05, 3.63) is 0 Å². The molecule has 0 fully saturated rings. The Kier molecular flexibility index (Phi) is 13.1. The van der Waals surface area contributed by atoms with Gasteiger partial charge >= 0.3 is 25.6 Å². The summed E-state index contributed by atoms with van der Waals surface area (Å²) in [5.74, 6) is 0. The molecule has 0 saturated carbocycles. The van der Waals surface area contributed by atoms with E-state index >= 15 is 0 Å². The van der Waals surface area contributed by atoms with Crippen LogP contribution in [0.25, 0.3) is 0 Å². The Hall–Kier alpha value is 1.65. The normalized spacial score (nSPS) is 8.43. The van der Waals surface area contributed by atoms with Crippen molar-refractivity contribution < 1.29 is 31.7 Å². The third-order valence-electron chi connectivity index (χ3n) is 0. The molecular formula is H4FeLiO3PS. The second-order valence-electron chi connectivity index (χ2n) is 0.513. The van der Waals surface area contributed by atoms with Crippen molar-refractivity contribution in [1.82, 2.24) is 0 Å². The van der Waals surface area contributed by atoms with Crippen molar-refractivity contribution in [1.29, 1.82) is 0 Å². The summed E-state index contributed by atoms with van der Waals surface area (Å²) in [5, 5.41) is 0. The zero-order valence-corrected chi connectivity index (χ0v) is 5.37. The molecule has 0 aromatic rings. The molecule has 42 valence electrons. The van der Waals surface area contributed by atoms with Gasteiger partial charge in [-0.1, -0.05) is 0 Å². The molecule has 3 N–H and O–H groups in total. The first-order chi connectivity index (χ1) is 2.00. The van der Waals surface area contributed by atoms with Gasteiger partial charge in [-0.2, -0.15) is 0 Å². The molecule has 0 aromatic carbocycles. The van der Waals surface area contributed by atoms with Gasteiger partial charge in [-0.3, -0.25) is 0 Å². The first-order valence-electron chi connectivity index (χ1n) is 0.783. The number of hydrogen-bond acceptors (Lipinski definition) is 1. The summed E-state index contributed by atoms with van der Waals surface area (Å²) < 4.78 is 0. The monoisotopic (exact) mass is 178 g/mol. The SMILES string of the molecule is OP(O)(O)=S.[Fe].[LiH]. The number of rotatable bonds is 0. The van der Waals surface area contributed by atoms with Crippen molar-refractivity contribution in [2.24, 2.45) is 0 Å². The van der Waals surface area contributed by atoms with Crippen molar-refractivity contribution in [2.75, 3.05) is 0 Å². The molecule has 0 bridgehead atoms. The van der Waals surface area contributed by atoms with Crippen molar-refractivity contribution in [3.63, 3.8) is 0 Å². The summed E-state index contributed by atoms with van der Waals surface area (Å²) in [6, 6.07) is 0. The molecule has 0 heterocycles. The summed E-state index contributed by atoms with van der Waals surface area (Å²) in [5.41, 5.74) is 0. The zero-order chi connectivity index (χ0) is 4.50. The summed E-state index contributed by atoms with van der Waals surface area (Å²) in [6.07, 6.45) is 0. The summed E-state index contributed by atoms with van der Waals surface area (Å²) in [6.45, 7) is -3.81. The zero-order valence-electron chi connectivity index (χ0n) is 2.55. The number of hydrogen-bond donors (Lipinski definition) is 3. The molecule has 7 heavy (non-hydrogen) atoms. The van der Waals surface area contributed by atoms with Gasteiger partial charge in [0.2, 0.25) is 0 Å². The van der Waals surface area contributed by atoms with Crippen LogP contribution in [0.1, 0.15) is 0 Å². The van der Waals surface area contributed by atoms with Crippen LogP contribution >= 0.6 is 6.72 Å². The molecule has 0 aliphatic rings. The van der Waals surface area contributed by atoms with E-state index in [9.17, 15) is 0 Å². The van der Waals surface area contributed by atoms with E-state index in [1.165, 1.54) is 0 Å². The van der Waals surface area contributed by atoms with Gasteiger partial charge in [0, 0.05) is 17.1 Å². The van der Waals surface area contributed by atoms with Gasteiger partial charge in [0.25, 0.3) is 0 Å². The maximum absolute atomic E-state index is 7.56. The molecule has 0 rings (SSSR count). The van der Waals surface area contributed by atoms with Gasteiger partial charge in [0.05, 0.1) is 0 Å². The van der Waals surface area contributed by atoms with Crippen LogP contribution in [0.2, 0.25) is 0 Å². The fourth-order valence-corrected chi connectivity index (χ4v) is 0. The van der Waals surface area contributed by atoms with E-state index in [1.54, 1.807) is 0 Å². The second kappa shape index (κ2) is 5.78. The fourth-order valence-electron chi connectivity index (χ4n) is 0. The standard InChI is InChI=1S/Fe.Li.H3O3PS.H/c;;1-4(2,3)5;/h;;(H3,1,2,3,5);. The quantitative estimate of drug-likeness (QED) is 0.313. The van der Waals surface area contributed by atoms with Crippen LogP contribution in [-0.2, 0) is 28.9 Å². The molecule has 3 nitrogen and oxygen atoms in total. The molecule has 0 spiro atoms. The molecular weight excluding hydrogens is 174 g/mol. The third-order valence-corrected chi connectivity index (χ3v) is 0. The molecule has 7 heteroatoms. The molecule has 0 aliphatic heterocycles. The molecule has 0 atom stereocenters. The van der Waals surface area contributed by atoms with E-state index in [0.717, 1.165) is 0 Å². The Balaban J connectivity index is -0.0000000800. The van der Waals surface area contributed by atoms with Gasteiger partial charge < -0.3 is 14.7 Å². The minimum absolute atomic E-state index is 0. The van der Waals surface area contributed by atoms with Crippen LogP contribution in [0.15, 0.2) is 0 Å². The predicted octanol–water partition coefficient (Wildman–Crippen LogP) is -1.46. The Bertz CT molecular complexity index is 61.1. The first-order valence-corrected chi connectivity index (χ1v) is 3.44. The fraction of sp³-hybridized carbons (Fsp3) is 0. The van der Waals surface area contributed by atoms with Gasteiger partial charge in [-0.25, -0.2) is 0 Å². The van der Waals surface area contributed by atoms with Crippen LogP contribution in [0.3, 0.4) is 0 Å². The van der Waals surface area contributed by atoms with E-state index in [2.05, 4.69) is 11.8 Å². The Morgan fingerprint density at radius 1 is 1.14 bits per heavy atom. The van der Waals surface area contributed by atoms with E-state index in [4.69, 9.17) is 14.7 Å². The molecule has 0 radical (unpaired) electrons. The molecule has 0 amide bonds. The first kappa shape index (κ1) is 15.9. The average Bonchev–Trinajstić information content (AvgIpc) is 0.722. The van der Waals surface area contributed by atoms with E-state index in [0.29, 0.717) is 0 Å². The summed E-state index contributed by atoms with van der Waals surface area (Å²) in [7, 11) is 0. The van der Waals surface area contributed by atoms with Crippen molar-refractivity contribution in [3.8, 4) is 0 Å². The third kappa shape index (κ3) is 89.9. The minimum atomic E-state index is -3.81. The Morgan fingerprint density at radius 2 is 1.14 bits per heavy atom. The second-order valence-corrected chi connectivity index (χ2v) is 3.01. The maximum atomic E-state index is 7.56. The van der Waals surface area contributed by atoms with Crippen LogP contribution in [-0.4, -0.2) is 33.5 Å². The average molecular weight is 178 g/mol. The van der Waals surface area contributed by atoms with Crippen LogP contribution in [0.4, 0.5) is 0 Å². The molecule has 0 saturated heterocycles. The van der Waals surface area contributed by atoms with Crippen LogP contribution < -0.4 is 0 Å². The van der Waals surface area contributed by atoms with E-state index in [-0.39, 0.29) is 35.9 Å². The van der Waals surface area contributed by atoms with Crippen molar-refractivity contribution >= 4 is 37.4 Å². The molecule has 0 aliphatic carbocycles. The summed E-state index contributed by atoms with van der Waals surface area (Å²) >= 11 is 3.60. The topological polar surface area (TPSA) is 60.7 Å². The Labute approximate surface area is 69.0 Å². The molecule has 0 unspecified atom stereocenters.